The summed E-state index contributed by atoms with van der Waals surface area (Å²) in [7, 11) is 0. The maximum absolute atomic E-state index is 9.60. The zero-order valence-electron chi connectivity index (χ0n) is 12.6. The minimum absolute atomic E-state index is 0.176. The number of carboxylic acid groups (broad SMARTS) is 1. The third kappa shape index (κ3) is 7.65. The predicted octanol–water partition coefficient (Wildman–Crippen LogP) is 3.55. The average Bonchev–Trinajstić information content (AvgIpc) is 3.09. The summed E-state index contributed by atoms with van der Waals surface area (Å²) >= 11 is 0. The highest BCUT2D eigenvalue weighted by atomic mass is 16.5. The van der Waals surface area contributed by atoms with Crippen LogP contribution in [0.15, 0.2) is 12.2 Å². The molecule has 0 aromatic heterocycles. The summed E-state index contributed by atoms with van der Waals surface area (Å²) < 4.78 is 11.5. The lowest BCUT2D eigenvalue weighted by Crippen LogP contribution is -2.16. The van der Waals surface area contributed by atoms with Crippen molar-refractivity contribution in [3.05, 3.63) is 12.2 Å². The predicted molar refractivity (Wildman–Crippen MR) is 78.9 cm³/mol. The van der Waals surface area contributed by atoms with Crippen LogP contribution in [0.1, 0.15) is 58.3 Å². The van der Waals surface area contributed by atoms with Gasteiger partial charge in [0.1, 0.15) is 0 Å². The summed E-state index contributed by atoms with van der Waals surface area (Å²) in [5.74, 6) is -0.935. The molecule has 0 heterocycles. The van der Waals surface area contributed by atoms with Crippen LogP contribution in [0.4, 0.5) is 0 Å². The largest absolute Gasteiger partial charge is 0.478 e. The highest BCUT2D eigenvalue weighted by Gasteiger charge is 2.17. The standard InChI is InChI=1S/C12H22O2.C4H6O2/c1-2-6-11(5-1)13-9-10-14-12-7-3-4-8-12;1-3(2)4(5)6/h11-12H,1-10H2;1H2,2H3,(H,5,6). The molecule has 4 nitrogen and oxygen atoms in total. The van der Waals surface area contributed by atoms with E-state index in [1.165, 1.54) is 58.3 Å². The van der Waals surface area contributed by atoms with E-state index in [1.807, 2.05) is 0 Å². The van der Waals surface area contributed by atoms with Gasteiger partial charge >= 0.3 is 5.97 Å². The van der Waals surface area contributed by atoms with E-state index in [0.29, 0.717) is 12.2 Å². The van der Waals surface area contributed by atoms with Gasteiger partial charge < -0.3 is 14.6 Å². The number of aliphatic carboxylic acids is 1. The molecule has 2 fully saturated rings. The van der Waals surface area contributed by atoms with Crippen molar-refractivity contribution < 1.29 is 19.4 Å². The molecule has 0 spiro atoms. The molecule has 0 amide bonds. The van der Waals surface area contributed by atoms with E-state index >= 15 is 0 Å². The minimum Gasteiger partial charge on any atom is -0.478 e. The Labute approximate surface area is 122 Å². The second kappa shape index (κ2) is 9.94. The molecule has 2 saturated carbocycles. The van der Waals surface area contributed by atoms with Crippen LogP contribution in [-0.4, -0.2) is 36.5 Å². The van der Waals surface area contributed by atoms with Gasteiger partial charge in [0.2, 0.25) is 0 Å². The quantitative estimate of drug-likeness (QED) is 0.598. The van der Waals surface area contributed by atoms with E-state index in [-0.39, 0.29) is 5.57 Å². The number of carboxylic acids is 1. The summed E-state index contributed by atoms with van der Waals surface area (Å²) in [4.78, 5) is 9.60. The first-order valence-corrected chi connectivity index (χ1v) is 7.71. The fraction of sp³-hybridized carbons (Fsp3) is 0.812. The summed E-state index contributed by atoms with van der Waals surface area (Å²) in [5, 5.41) is 7.89. The Bertz CT molecular complexity index is 259. The maximum Gasteiger partial charge on any atom is 0.330 e. The Morgan fingerprint density at radius 2 is 1.30 bits per heavy atom. The molecule has 2 aliphatic carbocycles. The minimum atomic E-state index is -0.935. The summed E-state index contributed by atoms with van der Waals surface area (Å²) in [6.45, 7) is 6.22. The van der Waals surface area contributed by atoms with Crippen LogP contribution in [0.2, 0.25) is 0 Å². The summed E-state index contributed by atoms with van der Waals surface area (Å²) in [6.07, 6.45) is 11.6. The lowest BCUT2D eigenvalue weighted by molar-refractivity contribution is -0.132. The third-order valence-electron chi connectivity index (χ3n) is 3.76. The monoisotopic (exact) mass is 284 g/mol. The first-order chi connectivity index (χ1) is 9.59. The van der Waals surface area contributed by atoms with Crippen molar-refractivity contribution in [3.8, 4) is 0 Å². The van der Waals surface area contributed by atoms with Gasteiger partial charge in [-0.3, -0.25) is 0 Å². The zero-order valence-corrected chi connectivity index (χ0v) is 12.6. The van der Waals surface area contributed by atoms with Gasteiger partial charge in [-0.05, 0) is 32.6 Å². The Morgan fingerprint density at radius 1 is 1.00 bits per heavy atom. The van der Waals surface area contributed by atoms with E-state index in [2.05, 4.69) is 6.58 Å². The fourth-order valence-corrected chi connectivity index (χ4v) is 2.54. The molecule has 0 saturated heterocycles. The molecule has 0 bridgehead atoms. The Hall–Kier alpha value is -0.870. The van der Waals surface area contributed by atoms with E-state index < -0.39 is 5.97 Å². The molecule has 0 aliphatic heterocycles. The van der Waals surface area contributed by atoms with Crippen LogP contribution in [-0.2, 0) is 14.3 Å². The summed E-state index contributed by atoms with van der Waals surface area (Å²) in [5.41, 5.74) is 0.176. The Morgan fingerprint density at radius 3 is 1.55 bits per heavy atom. The van der Waals surface area contributed by atoms with E-state index in [4.69, 9.17) is 14.6 Å². The van der Waals surface area contributed by atoms with Crippen molar-refractivity contribution in [1.82, 2.24) is 0 Å². The molecular formula is C16H28O4. The molecule has 0 unspecified atom stereocenters. The Kier molecular flexibility index (Phi) is 8.54. The molecule has 2 rings (SSSR count). The molecule has 0 aromatic carbocycles. The van der Waals surface area contributed by atoms with Crippen LogP contribution in [0, 0.1) is 0 Å². The first kappa shape index (κ1) is 17.2. The molecule has 4 heteroatoms. The smallest absolute Gasteiger partial charge is 0.330 e. The van der Waals surface area contributed by atoms with Crippen LogP contribution < -0.4 is 0 Å². The maximum atomic E-state index is 9.60. The molecule has 20 heavy (non-hydrogen) atoms. The third-order valence-corrected chi connectivity index (χ3v) is 3.76. The number of rotatable bonds is 6. The molecule has 0 atom stereocenters. The van der Waals surface area contributed by atoms with Gasteiger partial charge in [-0.25, -0.2) is 4.79 Å². The fourth-order valence-electron chi connectivity index (χ4n) is 2.54. The molecule has 2 aliphatic rings. The van der Waals surface area contributed by atoms with Gasteiger partial charge in [-0.1, -0.05) is 32.3 Å². The molecule has 0 aromatic rings. The van der Waals surface area contributed by atoms with Crippen LogP contribution in [0.25, 0.3) is 0 Å². The van der Waals surface area contributed by atoms with Gasteiger partial charge in [0.15, 0.2) is 0 Å². The van der Waals surface area contributed by atoms with E-state index in [9.17, 15) is 4.79 Å². The highest BCUT2D eigenvalue weighted by Crippen LogP contribution is 2.22. The van der Waals surface area contributed by atoms with Gasteiger partial charge in [-0.15, -0.1) is 0 Å². The molecular weight excluding hydrogens is 256 g/mol. The molecule has 116 valence electrons. The van der Waals surface area contributed by atoms with Crippen molar-refractivity contribution in [1.29, 1.82) is 0 Å². The number of hydrogen-bond acceptors (Lipinski definition) is 3. The van der Waals surface area contributed by atoms with Crippen molar-refractivity contribution in [3.63, 3.8) is 0 Å². The normalized spacial score (nSPS) is 19.6. The van der Waals surface area contributed by atoms with Crippen molar-refractivity contribution >= 4 is 5.97 Å². The van der Waals surface area contributed by atoms with E-state index in [0.717, 1.165) is 13.2 Å². The Balaban J connectivity index is 0.000000286. The topological polar surface area (TPSA) is 55.8 Å². The summed E-state index contributed by atoms with van der Waals surface area (Å²) in [6, 6.07) is 0. The lowest BCUT2D eigenvalue weighted by Gasteiger charge is -2.14. The van der Waals surface area contributed by atoms with Crippen LogP contribution in [0.5, 0.6) is 0 Å². The van der Waals surface area contributed by atoms with Gasteiger partial charge in [-0.2, -0.15) is 0 Å². The number of carbonyl (C=O) groups is 1. The molecule has 0 radical (unpaired) electrons. The van der Waals surface area contributed by atoms with Crippen molar-refractivity contribution in [2.45, 2.75) is 70.5 Å². The van der Waals surface area contributed by atoms with E-state index in [1.54, 1.807) is 0 Å². The molecule has 1 N–H and O–H groups in total. The second-order valence-electron chi connectivity index (χ2n) is 5.64. The number of hydrogen-bond donors (Lipinski definition) is 1. The average molecular weight is 284 g/mol. The van der Waals surface area contributed by atoms with Gasteiger partial charge in [0.25, 0.3) is 0 Å². The lowest BCUT2D eigenvalue weighted by atomic mass is 10.3. The second-order valence-corrected chi connectivity index (χ2v) is 5.64. The number of ether oxygens (including phenoxy) is 2. The van der Waals surface area contributed by atoms with Crippen LogP contribution in [0.3, 0.4) is 0 Å². The first-order valence-electron chi connectivity index (χ1n) is 7.71. The van der Waals surface area contributed by atoms with Crippen molar-refractivity contribution in [2.75, 3.05) is 13.2 Å². The van der Waals surface area contributed by atoms with Crippen LogP contribution >= 0.6 is 0 Å². The highest BCUT2D eigenvalue weighted by molar-refractivity contribution is 5.84. The van der Waals surface area contributed by atoms with Crippen molar-refractivity contribution in [2.24, 2.45) is 0 Å². The zero-order chi connectivity index (χ0) is 14.8. The van der Waals surface area contributed by atoms with Gasteiger partial charge in [0.05, 0.1) is 25.4 Å². The van der Waals surface area contributed by atoms with Gasteiger partial charge in [0, 0.05) is 5.57 Å². The SMILES string of the molecule is C1CCC(OCCOC2CCCC2)C1.C=C(C)C(=O)O.